The van der Waals surface area contributed by atoms with Crippen molar-refractivity contribution >= 4 is 6.09 Å². The van der Waals surface area contributed by atoms with Gasteiger partial charge in [0.15, 0.2) is 17.1 Å². The van der Waals surface area contributed by atoms with Crippen molar-refractivity contribution in [2.75, 3.05) is 20.3 Å². The molecule has 1 atom stereocenters. The second-order valence-corrected chi connectivity index (χ2v) is 7.56. The van der Waals surface area contributed by atoms with Crippen LogP contribution in [-0.4, -0.2) is 31.3 Å². The highest BCUT2D eigenvalue weighted by molar-refractivity contribution is 5.71. The van der Waals surface area contributed by atoms with E-state index in [0.717, 1.165) is 11.1 Å². The van der Waals surface area contributed by atoms with Gasteiger partial charge in [0.2, 0.25) is 0 Å². The lowest BCUT2D eigenvalue weighted by atomic mass is 9.95. The molecule has 0 bridgehead atoms. The zero-order valence-electron chi connectivity index (χ0n) is 15.8. The number of hydrogen-bond donors (Lipinski definition) is 0. The summed E-state index contributed by atoms with van der Waals surface area (Å²) in [5.74, 6) is 2.06. The summed E-state index contributed by atoms with van der Waals surface area (Å²) in [5, 5.41) is 0. The maximum absolute atomic E-state index is 12.4. The topological polar surface area (TPSA) is 48.0 Å². The van der Waals surface area contributed by atoms with Crippen molar-refractivity contribution in [2.45, 2.75) is 31.9 Å². The maximum Gasteiger partial charge on any atom is 0.411 e. The van der Waals surface area contributed by atoms with Crippen LogP contribution in [0.3, 0.4) is 0 Å². The molecule has 5 nitrogen and oxygen atoms in total. The maximum atomic E-state index is 12.4. The second-order valence-electron chi connectivity index (χ2n) is 7.56. The Labute approximate surface area is 159 Å². The molecule has 2 aliphatic rings. The van der Waals surface area contributed by atoms with Gasteiger partial charge in [-0.3, -0.25) is 4.90 Å². The van der Waals surface area contributed by atoms with Gasteiger partial charge in [0, 0.05) is 12.1 Å². The molecule has 1 aliphatic heterocycles. The molecule has 2 aromatic rings. The van der Waals surface area contributed by atoms with E-state index in [2.05, 4.69) is 0 Å². The summed E-state index contributed by atoms with van der Waals surface area (Å²) in [7, 11) is 1.64. The van der Waals surface area contributed by atoms with Gasteiger partial charge in [0.25, 0.3) is 0 Å². The number of rotatable bonds is 7. The van der Waals surface area contributed by atoms with Crippen LogP contribution in [-0.2, 0) is 16.9 Å². The molecule has 0 aromatic heterocycles. The van der Waals surface area contributed by atoms with Crippen molar-refractivity contribution in [1.29, 1.82) is 0 Å². The molecular formula is C22H25NO4. The molecule has 0 N–H and O–H groups in total. The third-order valence-electron chi connectivity index (χ3n) is 5.23. The van der Waals surface area contributed by atoms with Crippen molar-refractivity contribution in [3.05, 3.63) is 59.7 Å². The summed E-state index contributed by atoms with van der Waals surface area (Å²) in [6.45, 7) is 3.68. The number of nitrogens with zero attached hydrogens (tertiary/aromatic N) is 1. The minimum Gasteiger partial charge on any atom is -0.493 e. The zero-order chi connectivity index (χ0) is 18.9. The van der Waals surface area contributed by atoms with Crippen molar-refractivity contribution < 1.29 is 19.0 Å². The van der Waals surface area contributed by atoms with Gasteiger partial charge >= 0.3 is 6.09 Å². The normalized spacial score (nSPS) is 21.9. The minimum absolute atomic E-state index is 0.294. The fourth-order valence-electron chi connectivity index (χ4n) is 3.40. The highest BCUT2D eigenvalue weighted by Crippen LogP contribution is 2.39. The lowest BCUT2D eigenvalue weighted by Gasteiger charge is -2.24. The van der Waals surface area contributed by atoms with Gasteiger partial charge in [-0.2, -0.15) is 0 Å². The van der Waals surface area contributed by atoms with E-state index in [-0.39, 0.29) is 6.09 Å². The van der Waals surface area contributed by atoms with Gasteiger partial charge < -0.3 is 14.2 Å². The molecule has 2 aromatic carbocycles. The molecule has 1 unspecified atom stereocenters. The predicted molar refractivity (Wildman–Crippen MR) is 102 cm³/mol. The third-order valence-corrected chi connectivity index (χ3v) is 5.23. The van der Waals surface area contributed by atoms with E-state index in [0.29, 0.717) is 37.1 Å². The van der Waals surface area contributed by atoms with Crippen LogP contribution in [0.2, 0.25) is 0 Å². The van der Waals surface area contributed by atoms with Crippen LogP contribution in [0.1, 0.15) is 30.9 Å². The first-order valence-electron chi connectivity index (χ1n) is 9.40. The summed E-state index contributed by atoms with van der Waals surface area (Å²) < 4.78 is 17.2. The van der Waals surface area contributed by atoms with Crippen LogP contribution in [0, 0.1) is 5.92 Å². The minimum atomic E-state index is -0.712. The Kier molecular flexibility index (Phi) is 4.68. The van der Waals surface area contributed by atoms with E-state index in [4.69, 9.17) is 14.2 Å². The Hall–Kier alpha value is -2.69. The first kappa shape index (κ1) is 17.7. The SMILES string of the molecule is COc1ccc(C2(C)CN(Cc3ccccc3)C(=O)O2)cc1OCC1CC1. The van der Waals surface area contributed by atoms with Crippen molar-refractivity contribution in [3.8, 4) is 11.5 Å². The van der Waals surface area contributed by atoms with E-state index < -0.39 is 5.60 Å². The molecule has 142 valence electrons. The fraction of sp³-hybridized carbons (Fsp3) is 0.409. The number of carbonyl (C=O) groups is 1. The van der Waals surface area contributed by atoms with E-state index in [9.17, 15) is 4.79 Å². The number of carbonyl (C=O) groups excluding carboxylic acids is 1. The van der Waals surface area contributed by atoms with Gasteiger partial charge in [-0.15, -0.1) is 0 Å². The summed E-state index contributed by atoms with van der Waals surface area (Å²) in [5.41, 5.74) is 1.29. The van der Waals surface area contributed by atoms with E-state index >= 15 is 0 Å². The zero-order valence-corrected chi connectivity index (χ0v) is 15.8. The molecule has 2 fully saturated rings. The largest absolute Gasteiger partial charge is 0.493 e. The first-order chi connectivity index (χ1) is 13.1. The smallest absolute Gasteiger partial charge is 0.411 e. The monoisotopic (exact) mass is 367 g/mol. The van der Waals surface area contributed by atoms with Crippen LogP contribution < -0.4 is 9.47 Å². The number of benzene rings is 2. The highest BCUT2D eigenvalue weighted by Gasteiger charge is 2.43. The van der Waals surface area contributed by atoms with E-state index in [1.54, 1.807) is 12.0 Å². The number of cyclic esters (lactones) is 1. The van der Waals surface area contributed by atoms with E-state index in [1.165, 1.54) is 12.8 Å². The van der Waals surface area contributed by atoms with Crippen molar-refractivity contribution in [1.82, 2.24) is 4.90 Å². The lowest BCUT2D eigenvalue weighted by molar-refractivity contribution is 0.0697. The molecule has 1 aliphatic carbocycles. The van der Waals surface area contributed by atoms with Gasteiger partial charge in [-0.25, -0.2) is 4.79 Å². The van der Waals surface area contributed by atoms with Crippen LogP contribution in [0.15, 0.2) is 48.5 Å². The van der Waals surface area contributed by atoms with Crippen LogP contribution in [0.5, 0.6) is 11.5 Å². The highest BCUT2D eigenvalue weighted by atomic mass is 16.6. The molecule has 4 rings (SSSR count). The Balaban J connectivity index is 1.52. The number of methoxy groups -OCH3 is 1. The van der Waals surface area contributed by atoms with Gasteiger partial charge in [-0.1, -0.05) is 36.4 Å². The molecular weight excluding hydrogens is 342 g/mol. The van der Waals surface area contributed by atoms with Crippen LogP contribution in [0.4, 0.5) is 4.79 Å². The Bertz CT molecular complexity index is 818. The van der Waals surface area contributed by atoms with Gasteiger partial charge in [0.1, 0.15) is 0 Å². The number of hydrogen-bond acceptors (Lipinski definition) is 4. The van der Waals surface area contributed by atoms with Crippen molar-refractivity contribution in [2.24, 2.45) is 5.92 Å². The van der Waals surface area contributed by atoms with Crippen LogP contribution >= 0.6 is 0 Å². The summed E-state index contributed by atoms with van der Waals surface area (Å²) >= 11 is 0. The van der Waals surface area contributed by atoms with Gasteiger partial charge in [0.05, 0.1) is 20.3 Å². The quantitative estimate of drug-likeness (QED) is 0.730. The molecule has 0 radical (unpaired) electrons. The molecule has 27 heavy (non-hydrogen) atoms. The van der Waals surface area contributed by atoms with E-state index in [1.807, 2.05) is 55.5 Å². The molecule has 1 amide bonds. The fourth-order valence-corrected chi connectivity index (χ4v) is 3.40. The predicted octanol–water partition coefficient (Wildman–Crippen LogP) is 4.35. The summed E-state index contributed by atoms with van der Waals surface area (Å²) in [6.07, 6.45) is 2.16. The average molecular weight is 367 g/mol. The van der Waals surface area contributed by atoms with Gasteiger partial charge in [-0.05, 0) is 43.4 Å². The standard InChI is InChI=1S/C22H25NO4/c1-22(15-23(21(24)27-22)13-16-6-4-3-5-7-16)18-10-11-19(25-2)20(12-18)26-14-17-8-9-17/h3-7,10-12,17H,8-9,13-15H2,1-2H3. The molecule has 1 heterocycles. The molecule has 1 saturated heterocycles. The lowest BCUT2D eigenvalue weighted by Crippen LogP contribution is -2.29. The first-order valence-corrected chi connectivity index (χ1v) is 9.40. The summed E-state index contributed by atoms with van der Waals surface area (Å²) in [4.78, 5) is 14.2. The number of ether oxygens (including phenoxy) is 3. The molecule has 0 spiro atoms. The Morgan fingerprint density at radius 2 is 1.93 bits per heavy atom. The Morgan fingerprint density at radius 3 is 2.63 bits per heavy atom. The summed E-state index contributed by atoms with van der Waals surface area (Å²) in [6, 6.07) is 15.7. The number of amides is 1. The third kappa shape index (κ3) is 3.87. The second kappa shape index (κ2) is 7.14. The Morgan fingerprint density at radius 1 is 1.15 bits per heavy atom. The van der Waals surface area contributed by atoms with Crippen molar-refractivity contribution in [3.63, 3.8) is 0 Å². The van der Waals surface area contributed by atoms with Crippen LogP contribution in [0.25, 0.3) is 0 Å². The molecule has 1 saturated carbocycles. The molecule has 5 heteroatoms. The average Bonchev–Trinajstić information content (AvgIpc) is 3.46.